The van der Waals surface area contributed by atoms with Crippen molar-refractivity contribution in [2.24, 2.45) is 7.05 Å². The van der Waals surface area contributed by atoms with Crippen LogP contribution in [0, 0.1) is 0 Å². The van der Waals surface area contributed by atoms with E-state index in [1.165, 1.54) is 23.2 Å². The highest BCUT2D eigenvalue weighted by Crippen LogP contribution is 2.29. The van der Waals surface area contributed by atoms with Crippen molar-refractivity contribution in [2.75, 3.05) is 5.32 Å². The molecule has 0 saturated heterocycles. The molecule has 0 unspecified atom stereocenters. The molecule has 0 saturated carbocycles. The number of nitrogens with zero attached hydrogens (tertiary/aromatic N) is 5. The van der Waals surface area contributed by atoms with Crippen molar-refractivity contribution >= 4 is 57.4 Å². The van der Waals surface area contributed by atoms with E-state index in [-0.39, 0.29) is 18.5 Å². The van der Waals surface area contributed by atoms with Gasteiger partial charge in [0.25, 0.3) is 0 Å². The normalized spacial score (nSPS) is 11.3. The Morgan fingerprint density at radius 1 is 1.27 bits per heavy atom. The standard InChI is InChI=1S/C15H10Cl2N6O3/c1-22-13-10(4-18-15(22)25)23(6-19-13)5-12(24)21-14-20-9-2-7(16)8(17)3-11(9)26-14/h2-4,6H,5H2,1H3,(H,20,21,24). The molecule has 26 heavy (non-hydrogen) atoms. The van der Waals surface area contributed by atoms with Gasteiger partial charge in [0.1, 0.15) is 17.6 Å². The Labute approximate surface area is 155 Å². The number of aromatic nitrogens is 5. The Morgan fingerprint density at radius 2 is 2.04 bits per heavy atom. The Hall–Kier alpha value is -2.91. The second kappa shape index (κ2) is 6.11. The van der Waals surface area contributed by atoms with Crippen LogP contribution in [0.15, 0.2) is 33.9 Å². The lowest BCUT2D eigenvalue weighted by Gasteiger charge is -2.04. The first-order chi connectivity index (χ1) is 12.4. The van der Waals surface area contributed by atoms with Gasteiger partial charge in [0, 0.05) is 13.1 Å². The lowest BCUT2D eigenvalue weighted by atomic mass is 10.3. The molecule has 0 atom stereocenters. The predicted octanol–water partition coefficient (Wildman–Crippen LogP) is 2.22. The third-order valence-corrected chi connectivity index (χ3v) is 4.47. The van der Waals surface area contributed by atoms with Crippen LogP contribution in [0.25, 0.3) is 22.3 Å². The number of halogens is 2. The molecule has 0 bridgehead atoms. The minimum Gasteiger partial charge on any atom is -0.423 e. The number of fused-ring (bicyclic) bond motifs is 2. The van der Waals surface area contributed by atoms with Gasteiger partial charge in [0.05, 0.1) is 22.6 Å². The molecule has 0 fully saturated rings. The Bertz CT molecular complexity index is 1190. The minimum absolute atomic E-state index is 0.0262. The van der Waals surface area contributed by atoms with E-state index in [9.17, 15) is 9.59 Å². The molecule has 4 rings (SSSR count). The number of amides is 1. The lowest BCUT2D eigenvalue weighted by Crippen LogP contribution is -2.21. The number of carbonyl (C=O) groups is 1. The van der Waals surface area contributed by atoms with Crippen molar-refractivity contribution in [3.05, 3.63) is 45.2 Å². The molecule has 0 aliphatic rings. The summed E-state index contributed by atoms with van der Waals surface area (Å²) in [4.78, 5) is 35.8. The summed E-state index contributed by atoms with van der Waals surface area (Å²) < 4.78 is 8.31. The third-order valence-electron chi connectivity index (χ3n) is 3.75. The summed E-state index contributed by atoms with van der Waals surface area (Å²) in [7, 11) is 1.56. The Morgan fingerprint density at radius 3 is 2.85 bits per heavy atom. The molecule has 1 N–H and O–H groups in total. The number of rotatable bonds is 3. The number of oxazole rings is 1. The van der Waals surface area contributed by atoms with Crippen LogP contribution >= 0.6 is 23.2 Å². The average molecular weight is 393 g/mol. The van der Waals surface area contributed by atoms with Crippen LogP contribution in [0.1, 0.15) is 0 Å². The van der Waals surface area contributed by atoms with Gasteiger partial charge in [-0.25, -0.2) is 9.78 Å². The summed E-state index contributed by atoms with van der Waals surface area (Å²) in [5, 5.41) is 3.23. The van der Waals surface area contributed by atoms with Crippen LogP contribution in [0.2, 0.25) is 10.0 Å². The summed E-state index contributed by atoms with van der Waals surface area (Å²) in [6.45, 7) is -0.0589. The molecular weight excluding hydrogens is 383 g/mol. The van der Waals surface area contributed by atoms with Crippen molar-refractivity contribution in [1.29, 1.82) is 0 Å². The molecule has 1 aromatic carbocycles. The maximum Gasteiger partial charge on any atom is 0.349 e. The summed E-state index contributed by atoms with van der Waals surface area (Å²) >= 11 is 11.9. The number of imidazole rings is 1. The molecule has 4 aromatic rings. The SMILES string of the molecule is Cn1c(=O)ncc2c1ncn2CC(=O)Nc1nc2cc(Cl)c(Cl)cc2o1. The first kappa shape index (κ1) is 16.6. The molecule has 0 radical (unpaired) electrons. The van der Waals surface area contributed by atoms with E-state index in [4.69, 9.17) is 27.6 Å². The van der Waals surface area contributed by atoms with E-state index in [1.54, 1.807) is 17.7 Å². The molecule has 0 aliphatic heterocycles. The number of hydrogen-bond acceptors (Lipinski definition) is 6. The first-order valence-electron chi connectivity index (χ1n) is 7.34. The fraction of sp³-hybridized carbons (Fsp3) is 0.133. The van der Waals surface area contributed by atoms with Gasteiger partial charge in [0.2, 0.25) is 5.91 Å². The van der Waals surface area contributed by atoms with E-state index in [0.717, 1.165) is 0 Å². The first-order valence-corrected chi connectivity index (χ1v) is 8.10. The largest absolute Gasteiger partial charge is 0.423 e. The fourth-order valence-electron chi connectivity index (χ4n) is 2.48. The highest BCUT2D eigenvalue weighted by molar-refractivity contribution is 6.42. The van der Waals surface area contributed by atoms with Gasteiger partial charge in [0.15, 0.2) is 11.2 Å². The molecule has 3 aromatic heterocycles. The summed E-state index contributed by atoms with van der Waals surface area (Å²) in [5.74, 6) is -0.387. The zero-order chi connectivity index (χ0) is 18.4. The van der Waals surface area contributed by atoms with Crippen LogP contribution in [0.3, 0.4) is 0 Å². The quantitative estimate of drug-likeness (QED) is 0.572. The lowest BCUT2D eigenvalue weighted by molar-refractivity contribution is -0.116. The van der Waals surface area contributed by atoms with Crippen molar-refractivity contribution in [1.82, 2.24) is 24.1 Å². The van der Waals surface area contributed by atoms with Crippen molar-refractivity contribution in [3.63, 3.8) is 0 Å². The van der Waals surface area contributed by atoms with E-state index in [2.05, 4.69) is 20.3 Å². The van der Waals surface area contributed by atoms with Crippen LogP contribution in [-0.2, 0) is 18.4 Å². The minimum atomic E-state index is -0.420. The number of nitrogens with one attached hydrogen (secondary N) is 1. The monoisotopic (exact) mass is 392 g/mol. The van der Waals surface area contributed by atoms with Gasteiger partial charge in [-0.2, -0.15) is 9.97 Å². The van der Waals surface area contributed by atoms with E-state index in [0.29, 0.717) is 32.3 Å². The number of aryl methyl sites for hydroxylation is 1. The van der Waals surface area contributed by atoms with Gasteiger partial charge >= 0.3 is 11.7 Å². The molecule has 9 nitrogen and oxygen atoms in total. The fourth-order valence-corrected chi connectivity index (χ4v) is 2.79. The highest BCUT2D eigenvalue weighted by Gasteiger charge is 2.14. The molecular formula is C15H10Cl2N6O3. The second-order valence-electron chi connectivity index (χ2n) is 5.48. The average Bonchev–Trinajstić information content (AvgIpc) is 3.15. The van der Waals surface area contributed by atoms with Gasteiger partial charge in [-0.1, -0.05) is 23.2 Å². The molecule has 3 heterocycles. The second-order valence-corrected chi connectivity index (χ2v) is 6.30. The Balaban J connectivity index is 1.58. The number of anilines is 1. The van der Waals surface area contributed by atoms with Crippen molar-refractivity contribution in [3.8, 4) is 0 Å². The van der Waals surface area contributed by atoms with Crippen molar-refractivity contribution in [2.45, 2.75) is 6.54 Å². The maximum absolute atomic E-state index is 12.3. The molecule has 1 amide bonds. The Kier molecular flexibility index (Phi) is 3.89. The van der Waals surface area contributed by atoms with E-state index >= 15 is 0 Å². The summed E-state index contributed by atoms with van der Waals surface area (Å²) in [6, 6.07) is 3.10. The smallest absolute Gasteiger partial charge is 0.349 e. The predicted molar refractivity (Wildman–Crippen MR) is 95.4 cm³/mol. The summed E-state index contributed by atoms with van der Waals surface area (Å²) in [5.41, 5.74) is 1.45. The van der Waals surface area contributed by atoms with Gasteiger partial charge in [-0.05, 0) is 6.07 Å². The maximum atomic E-state index is 12.3. The third kappa shape index (κ3) is 2.80. The molecule has 11 heteroatoms. The van der Waals surface area contributed by atoms with Crippen LogP contribution in [0.5, 0.6) is 0 Å². The summed E-state index contributed by atoms with van der Waals surface area (Å²) in [6.07, 6.45) is 2.83. The van der Waals surface area contributed by atoms with Crippen LogP contribution in [-0.4, -0.2) is 30.0 Å². The highest BCUT2D eigenvalue weighted by atomic mass is 35.5. The molecule has 0 aliphatic carbocycles. The van der Waals surface area contributed by atoms with E-state index in [1.807, 2.05) is 0 Å². The number of carbonyl (C=O) groups excluding carboxylic acids is 1. The zero-order valence-corrected chi connectivity index (χ0v) is 14.7. The number of benzene rings is 1. The van der Waals surface area contributed by atoms with Crippen molar-refractivity contribution < 1.29 is 9.21 Å². The molecule has 132 valence electrons. The number of hydrogen-bond donors (Lipinski definition) is 1. The topological polar surface area (TPSA) is 108 Å². The van der Waals surface area contributed by atoms with Gasteiger partial charge in [-0.15, -0.1) is 0 Å². The van der Waals surface area contributed by atoms with Gasteiger partial charge in [-0.3, -0.25) is 14.7 Å². The van der Waals surface area contributed by atoms with Gasteiger partial charge < -0.3 is 8.98 Å². The molecule has 0 spiro atoms. The van der Waals surface area contributed by atoms with Crippen LogP contribution in [0.4, 0.5) is 6.01 Å². The van der Waals surface area contributed by atoms with Crippen LogP contribution < -0.4 is 11.0 Å². The zero-order valence-electron chi connectivity index (χ0n) is 13.2. The van der Waals surface area contributed by atoms with E-state index < -0.39 is 5.69 Å².